The molecule has 98 valence electrons. The van der Waals surface area contributed by atoms with Gasteiger partial charge in [0.05, 0.1) is 16.6 Å². The molecule has 4 N–H and O–H groups in total. The summed E-state index contributed by atoms with van der Waals surface area (Å²) in [6.07, 6.45) is 0. The Labute approximate surface area is 112 Å². The maximum Gasteiger partial charge on any atom is 0.255 e. The van der Waals surface area contributed by atoms with Gasteiger partial charge in [0.1, 0.15) is 5.75 Å². The Morgan fingerprint density at radius 3 is 2.50 bits per heavy atom. The van der Waals surface area contributed by atoms with Crippen molar-refractivity contribution in [2.24, 2.45) is 11.7 Å². The fourth-order valence-corrected chi connectivity index (χ4v) is 1.95. The van der Waals surface area contributed by atoms with Crippen molar-refractivity contribution in [3.05, 3.63) is 29.3 Å². The van der Waals surface area contributed by atoms with Crippen molar-refractivity contribution >= 4 is 23.1 Å². The van der Waals surface area contributed by atoms with E-state index < -0.39 is 0 Å². The van der Waals surface area contributed by atoms with E-state index in [0.29, 0.717) is 0 Å². The monoisotopic (exact) mass is 266 g/mol. The Morgan fingerprint density at radius 1 is 1.44 bits per heavy atom. The lowest BCUT2D eigenvalue weighted by atomic mass is 10.0. The van der Waals surface area contributed by atoms with Gasteiger partial charge in [0, 0.05) is 0 Å². The Morgan fingerprint density at radius 2 is 2.06 bits per heavy atom. The molecule has 1 unspecified atom stereocenters. The topological polar surface area (TPSA) is 75.4 Å². The van der Waals surface area contributed by atoms with Crippen LogP contribution in [0.3, 0.4) is 0 Å². The van der Waals surface area contributed by atoms with Gasteiger partial charge < -0.3 is 16.2 Å². The number of hydrogen-bond acceptors (Lipinski definition) is 3. The van der Waals surface area contributed by atoms with E-state index in [9.17, 15) is 9.90 Å². The Balaban J connectivity index is 2.91. The second-order valence-corrected chi connectivity index (χ2v) is 5.09. The molecule has 1 rings (SSSR count). The zero-order valence-electron chi connectivity index (χ0n) is 10.7. The second kappa shape index (κ2) is 5.82. The summed E-state index contributed by atoms with van der Waals surface area (Å²) < 4.78 is 0. The van der Waals surface area contributed by atoms with E-state index in [-0.39, 0.29) is 34.2 Å². The first-order valence-electron chi connectivity index (χ1n) is 5.72. The molecular formula is C13H18N2O2S. The van der Waals surface area contributed by atoms with Gasteiger partial charge in [0.15, 0.2) is 0 Å². The van der Waals surface area contributed by atoms with Crippen LogP contribution in [0.15, 0.2) is 18.2 Å². The van der Waals surface area contributed by atoms with E-state index in [0.717, 1.165) is 5.56 Å². The zero-order valence-corrected chi connectivity index (χ0v) is 11.5. The summed E-state index contributed by atoms with van der Waals surface area (Å²) in [5.41, 5.74) is 6.69. The van der Waals surface area contributed by atoms with Crippen LogP contribution in [0.1, 0.15) is 29.8 Å². The summed E-state index contributed by atoms with van der Waals surface area (Å²) in [7, 11) is 0. The quantitative estimate of drug-likeness (QED) is 0.726. The van der Waals surface area contributed by atoms with E-state index >= 15 is 0 Å². The molecule has 0 aliphatic rings. The normalized spacial score (nSPS) is 12.2. The molecule has 0 aromatic heterocycles. The fraction of sp³-hybridized carbons (Fsp3) is 0.385. The Kier molecular flexibility index (Phi) is 4.67. The zero-order chi connectivity index (χ0) is 13.9. The average Bonchev–Trinajstić information content (AvgIpc) is 2.24. The smallest absolute Gasteiger partial charge is 0.255 e. The largest absolute Gasteiger partial charge is 0.507 e. The molecule has 1 atom stereocenters. The molecule has 0 saturated carbocycles. The van der Waals surface area contributed by atoms with E-state index in [2.05, 4.69) is 5.32 Å². The molecule has 0 radical (unpaired) electrons. The van der Waals surface area contributed by atoms with Crippen molar-refractivity contribution in [1.82, 2.24) is 5.32 Å². The molecule has 4 nitrogen and oxygen atoms in total. The van der Waals surface area contributed by atoms with Gasteiger partial charge in [-0.15, -0.1) is 0 Å². The number of phenols is 1. The molecule has 5 heteroatoms. The number of rotatable bonds is 4. The van der Waals surface area contributed by atoms with Crippen LogP contribution in [0.25, 0.3) is 0 Å². The first-order valence-corrected chi connectivity index (χ1v) is 6.13. The van der Waals surface area contributed by atoms with Gasteiger partial charge in [0.25, 0.3) is 5.91 Å². The van der Waals surface area contributed by atoms with Crippen molar-refractivity contribution < 1.29 is 9.90 Å². The van der Waals surface area contributed by atoms with Gasteiger partial charge in [0.2, 0.25) is 0 Å². The standard InChI is InChI=1S/C13H18N2O2S/c1-7(2)11(12(14)18)15-13(17)9-5-4-8(3)6-10(9)16/h4-7,11,16H,1-3H3,(H2,14,18)(H,15,17). The predicted octanol–water partition coefficient (Wildman–Crippen LogP) is 1.74. The molecule has 1 aromatic carbocycles. The van der Waals surface area contributed by atoms with Gasteiger partial charge in [-0.3, -0.25) is 4.79 Å². The third kappa shape index (κ3) is 3.43. The maximum atomic E-state index is 12.0. The average molecular weight is 266 g/mol. The number of aromatic hydroxyl groups is 1. The molecule has 0 saturated heterocycles. The summed E-state index contributed by atoms with van der Waals surface area (Å²) in [5, 5.41) is 12.5. The SMILES string of the molecule is Cc1ccc(C(=O)NC(C(N)=S)C(C)C)c(O)c1. The van der Waals surface area contributed by atoms with E-state index in [1.165, 1.54) is 0 Å². The number of carbonyl (C=O) groups is 1. The van der Waals surface area contributed by atoms with E-state index in [1.807, 2.05) is 20.8 Å². The number of amides is 1. The Bertz CT molecular complexity index is 472. The third-order valence-corrected chi connectivity index (χ3v) is 2.91. The maximum absolute atomic E-state index is 12.0. The van der Waals surface area contributed by atoms with Crippen LogP contribution in [0, 0.1) is 12.8 Å². The van der Waals surface area contributed by atoms with Gasteiger partial charge >= 0.3 is 0 Å². The molecule has 0 aliphatic carbocycles. The number of phenolic OH excluding ortho intramolecular Hbond substituents is 1. The molecule has 18 heavy (non-hydrogen) atoms. The van der Waals surface area contributed by atoms with Crippen molar-refractivity contribution in [2.75, 3.05) is 0 Å². The molecule has 0 spiro atoms. The Hall–Kier alpha value is -1.62. The van der Waals surface area contributed by atoms with Crippen LogP contribution in [-0.2, 0) is 0 Å². The number of aryl methyl sites for hydroxylation is 1. The summed E-state index contributed by atoms with van der Waals surface area (Å²) in [6.45, 7) is 5.67. The van der Waals surface area contributed by atoms with Gasteiger partial charge in [-0.25, -0.2) is 0 Å². The third-order valence-electron chi connectivity index (χ3n) is 2.66. The predicted molar refractivity (Wildman–Crippen MR) is 75.7 cm³/mol. The number of thiocarbonyl (C=S) groups is 1. The lowest BCUT2D eigenvalue weighted by Crippen LogP contribution is -2.46. The van der Waals surface area contributed by atoms with Crippen molar-refractivity contribution in [3.63, 3.8) is 0 Å². The van der Waals surface area contributed by atoms with Gasteiger partial charge in [-0.2, -0.15) is 0 Å². The number of hydrogen-bond donors (Lipinski definition) is 3. The van der Waals surface area contributed by atoms with Gasteiger partial charge in [-0.1, -0.05) is 32.1 Å². The van der Waals surface area contributed by atoms with Crippen LogP contribution in [-0.4, -0.2) is 22.0 Å². The molecule has 0 fully saturated rings. The van der Waals surface area contributed by atoms with Crippen molar-refractivity contribution in [1.29, 1.82) is 0 Å². The summed E-state index contributed by atoms with van der Waals surface area (Å²) in [5.74, 6) is -0.323. The summed E-state index contributed by atoms with van der Waals surface area (Å²) in [6, 6.07) is 4.50. The molecule has 0 aliphatic heterocycles. The summed E-state index contributed by atoms with van der Waals surface area (Å²) in [4.78, 5) is 12.3. The number of nitrogens with two attached hydrogens (primary N) is 1. The molecule has 1 amide bonds. The van der Waals surface area contributed by atoms with Crippen molar-refractivity contribution in [3.8, 4) is 5.75 Å². The fourth-order valence-electron chi connectivity index (χ4n) is 1.62. The minimum atomic E-state index is -0.381. The van der Waals surface area contributed by atoms with E-state index in [1.54, 1.807) is 18.2 Å². The van der Waals surface area contributed by atoms with Crippen LogP contribution < -0.4 is 11.1 Å². The summed E-state index contributed by atoms with van der Waals surface area (Å²) >= 11 is 4.92. The highest BCUT2D eigenvalue weighted by Gasteiger charge is 2.21. The molecular weight excluding hydrogens is 248 g/mol. The highest BCUT2D eigenvalue weighted by Crippen LogP contribution is 2.18. The second-order valence-electron chi connectivity index (χ2n) is 4.62. The highest BCUT2D eigenvalue weighted by atomic mass is 32.1. The number of nitrogens with one attached hydrogen (secondary N) is 1. The molecule has 1 aromatic rings. The first kappa shape index (κ1) is 14.4. The molecule has 0 bridgehead atoms. The minimum absolute atomic E-state index is 0.0436. The van der Waals surface area contributed by atoms with Gasteiger partial charge in [-0.05, 0) is 30.5 Å². The van der Waals surface area contributed by atoms with E-state index in [4.69, 9.17) is 18.0 Å². The lowest BCUT2D eigenvalue weighted by Gasteiger charge is -2.21. The first-order chi connectivity index (χ1) is 8.32. The lowest BCUT2D eigenvalue weighted by molar-refractivity contribution is 0.0937. The number of carbonyl (C=O) groups excluding carboxylic acids is 1. The number of benzene rings is 1. The van der Waals surface area contributed by atoms with Crippen LogP contribution in [0.4, 0.5) is 0 Å². The molecule has 0 heterocycles. The van der Waals surface area contributed by atoms with Crippen LogP contribution in [0.5, 0.6) is 5.75 Å². The van der Waals surface area contributed by atoms with Crippen molar-refractivity contribution in [2.45, 2.75) is 26.8 Å². The highest BCUT2D eigenvalue weighted by molar-refractivity contribution is 7.80. The minimum Gasteiger partial charge on any atom is -0.507 e. The van der Waals surface area contributed by atoms with Crippen LogP contribution >= 0.6 is 12.2 Å². The van der Waals surface area contributed by atoms with Crippen LogP contribution in [0.2, 0.25) is 0 Å².